The largest absolute Gasteiger partial charge is 0.329 e. The molecule has 15 heavy (non-hydrogen) atoms. The molecule has 0 aromatic heterocycles. The molecule has 0 amide bonds. The normalized spacial score (nSPS) is 12.9. The van der Waals surface area contributed by atoms with Gasteiger partial charge in [0.2, 0.25) is 0 Å². The summed E-state index contributed by atoms with van der Waals surface area (Å²) in [7, 11) is 0. The van der Waals surface area contributed by atoms with Crippen LogP contribution in [-0.2, 0) is 6.54 Å². The van der Waals surface area contributed by atoms with Gasteiger partial charge in [-0.25, -0.2) is 13.2 Å². The van der Waals surface area contributed by atoms with Crippen molar-refractivity contribution in [2.75, 3.05) is 6.54 Å². The van der Waals surface area contributed by atoms with Crippen molar-refractivity contribution in [2.24, 2.45) is 5.73 Å². The molecule has 1 aromatic carbocycles. The van der Waals surface area contributed by atoms with Gasteiger partial charge in [0.05, 0.1) is 0 Å². The van der Waals surface area contributed by atoms with E-state index >= 15 is 0 Å². The third kappa shape index (κ3) is 3.21. The lowest BCUT2D eigenvalue weighted by atomic mass is 10.2. The number of hydrogen-bond donors (Lipinski definition) is 2. The van der Waals surface area contributed by atoms with Gasteiger partial charge in [-0.3, -0.25) is 0 Å². The minimum absolute atomic E-state index is 0.0428. The minimum Gasteiger partial charge on any atom is -0.329 e. The van der Waals surface area contributed by atoms with Crippen molar-refractivity contribution < 1.29 is 13.2 Å². The van der Waals surface area contributed by atoms with Crippen LogP contribution < -0.4 is 11.1 Å². The second kappa shape index (κ2) is 5.14. The van der Waals surface area contributed by atoms with Crippen LogP contribution in [-0.4, -0.2) is 12.6 Å². The van der Waals surface area contributed by atoms with Gasteiger partial charge < -0.3 is 11.1 Å². The SMILES string of the molecule is CC(CN)NCc1cc(F)c(F)c(F)c1. The summed E-state index contributed by atoms with van der Waals surface area (Å²) in [6.07, 6.45) is 0. The Morgan fingerprint density at radius 3 is 2.27 bits per heavy atom. The maximum absolute atomic E-state index is 12.8. The zero-order valence-electron chi connectivity index (χ0n) is 8.36. The number of benzene rings is 1. The van der Waals surface area contributed by atoms with Crippen molar-refractivity contribution in [3.8, 4) is 0 Å². The van der Waals surface area contributed by atoms with Gasteiger partial charge in [0.1, 0.15) is 0 Å². The molecule has 1 atom stereocenters. The fourth-order valence-electron chi connectivity index (χ4n) is 1.09. The van der Waals surface area contributed by atoms with Crippen LogP contribution >= 0.6 is 0 Å². The van der Waals surface area contributed by atoms with Crippen molar-refractivity contribution in [3.63, 3.8) is 0 Å². The number of halogens is 3. The molecule has 0 saturated heterocycles. The van der Waals surface area contributed by atoms with Gasteiger partial charge in [-0.1, -0.05) is 0 Å². The van der Waals surface area contributed by atoms with E-state index in [4.69, 9.17) is 5.73 Å². The van der Waals surface area contributed by atoms with Gasteiger partial charge in [0.15, 0.2) is 17.5 Å². The van der Waals surface area contributed by atoms with E-state index < -0.39 is 17.5 Å². The summed E-state index contributed by atoms with van der Waals surface area (Å²) in [4.78, 5) is 0. The molecule has 0 radical (unpaired) electrons. The molecule has 0 fully saturated rings. The lowest BCUT2D eigenvalue weighted by Gasteiger charge is -2.11. The Hall–Kier alpha value is -1.07. The van der Waals surface area contributed by atoms with E-state index in [1.54, 1.807) is 0 Å². The number of nitrogens with one attached hydrogen (secondary N) is 1. The molecule has 0 aliphatic heterocycles. The summed E-state index contributed by atoms with van der Waals surface area (Å²) in [5.41, 5.74) is 5.70. The number of hydrogen-bond acceptors (Lipinski definition) is 2. The Bertz CT molecular complexity index is 318. The van der Waals surface area contributed by atoms with E-state index in [2.05, 4.69) is 5.32 Å². The second-order valence-electron chi connectivity index (χ2n) is 3.39. The molecular formula is C10H13F3N2. The van der Waals surface area contributed by atoms with E-state index in [1.165, 1.54) is 0 Å². The Labute approximate surface area is 86.3 Å². The second-order valence-corrected chi connectivity index (χ2v) is 3.39. The van der Waals surface area contributed by atoms with Gasteiger partial charge in [0.25, 0.3) is 0 Å². The molecule has 0 heterocycles. The Kier molecular flexibility index (Phi) is 4.11. The molecule has 3 N–H and O–H groups in total. The first-order valence-corrected chi connectivity index (χ1v) is 4.61. The molecule has 0 aliphatic carbocycles. The molecule has 5 heteroatoms. The molecule has 1 rings (SSSR count). The molecule has 2 nitrogen and oxygen atoms in total. The lowest BCUT2D eigenvalue weighted by molar-refractivity contribution is 0.443. The van der Waals surface area contributed by atoms with Crippen molar-refractivity contribution >= 4 is 0 Å². The Balaban J connectivity index is 2.70. The minimum atomic E-state index is -1.44. The van der Waals surface area contributed by atoms with Crippen LogP contribution in [0.2, 0.25) is 0 Å². The standard InChI is InChI=1S/C10H13F3N2/c1-6(4-14)15-5-7-2-8(11)10(13)9(12)3-7/h2-3,6,15H,4-5,14H2,1H3. The topological polar surface area (TPSA) is 38.0 Å². The van der Waals surface area contributed by atoms with Gasteiger partial charge in [-0.05, 0) is 24.6 Å². The molecule has 0 bridgehead atoms. The first-order chi connectivity index (χ1) is 7.04. The maximum atomic E-state index is 12.8. The highest BCUT2D eigenvalue weighted by Crippen LogP contribution is 2.13. The fourth-order valence-corrected chi connectivity index (χ4v) is 1.09. The van der Waals surface area contributed by atoms with Crippen LogP contribution in [0, 0.1) is 17.5 Å². The smallest absolute Gasteiger partial charge is 0.194 e. The first-order valence-electron chi connectivity index (χ1n) is 4.61. The van der Waals surface area contributed by atoms with Crippen LogP contribution in [0.3, 0.4) is 0 Å². The lowest BCUT2D eigenvalue weighted by Crippen LogP contribution is -2.32. The van der Waals surface area contributed by atoms with Crippen LogP contribution in [0.1, 0.15) is 12.5 Å². The van der Waals surface area contributed by atoms with Gasteiger partial charge >= 0.3 is 0 Å². The highest BCUT2D eigenvalue weighted by Gasteiger charge is 2.10. The highest BCUT2D eigenvalue weighted by molar-refractivity contribution is 5.19. The molecule has 1 unspecified atom stereocenters. The third-order valence-corrected chi connectivity index (χ3v) is 2.05. The van der Waals surface area contributed by atoms with Crippen LogP contribution in [0.15, 0.2) is 12.1 Å². The molecular weight excluding hydrogens is 205 g/mol. The average molecular weight is 218 g/mol. The predicted molar refractivity (Wildman–Crippen MR) is 51.7 cm³/mol. The summed E-state index contributed by atoms with van der Waals surface area (Å²) in [5, 5.41) is 2.94. The Morgan fingerprint density at radius 1 is 1.27 bits per heavy atom. The zero-order chi connectivity index (χ0) is 11.4. The molecule has 84 valence electrons. The summed E-state index contributed by atoms with van der Waals surface area (Å²) in [5.74, 6) is -3.79. The van der Waals surface area contributed by atoms with Gasteiger partial charge in [0, 0.05) is 19.1 Å². The van der Waals surface area contributed by atoms with E-state index in [-0.39, 0.29) is 12.6 Å². The molecule has 0 aliphatic rings. The summed E-state index contributed by atoms with van der Waals surface area (Å²) in [6, 6.07) is 1.98. The summed E-state index contributed by atoms with van der Waals surface area (Å²) >= 11 is 0. The van der Waals surface area contributed by atoms with E-state index in [0.717, 1.165) is 12.1 Å². The van der Waals surface area contributed by atoms with Gasteiger partial charge in [-0.15, -0.1) is 0 Å². The zero-order valence-corrected chi connectivity index (χ0v) is 8.36. The monoisotopic (exact) mass is 218 g/mol. The summed E-state index contributed by atoms with van der Waals surface area (Å²) < 4.78 is 38.1. The van der Waals surface area contributed by atoms with Crippen molar-refractivity contribution in [1.82, 2.24) is 5.32 Å². The average Bonchev–Trinajstić information content (AvgIpc) is 2.22. The van der Waals surface area contributed by atoms with Crippen molar-refractivity contribution in [2.45, 2.75) is 19.5 Å². The molecule has 1 aromatic rings. The third-order valence-electron chi connectivity index (χ3n) is 2.05. The van der Waals surface area contributed by atoms with E-state index in [1.807, 2.05) is 6.92 Å². The quantitative estimate of drug-likeness (QED) is 0.752. The van der Waals surface area contributed by atoms with Crippen molar-refractivity contribution in [3.05, 3.63) is 35.1 Å². The number of nitrogens with two attached hydrogens (primary N) is 1. The van der Waals surface area contributed by atoms with Crippen molar-refractivity contribution in [1.29, 1.82) is 0 Å². The summed E-state index contributed by atoms with van der Waals surface area (Å²) in [6.45, 7) is 2.52. The van der Waals surface area contributed by atoms with Crippen LogP contribution in [0.25, 0.3) is 0 Å². The Morgan fingerprint density at radius 2 is 1.80 bits per heavy atom. The van der Waals surface area contributed by atoms with Gasteiger partial charge in [-0.2, -0.15) is 0 Å². The van der Waals surface area contributed by atoms with E-state index in [0.29, 0.717) is 12.1 Å². The highest BCUT2D eigenvalue weighted by atomic mass is 19.2. The number of rotatable bonds is 4. The molecule has 0 spiro atoms. The predicted octanol–water partition coefficient (Wildman–Crippen LogP) is 1.54. The first kappa shape index (κ1) is 12.0. The van der Waals surface area contributed by atoms with E-state index in [9.17, 15) is 13.2 Å². The van der Waals surface area contributed by atoms with Crippen LogP contribution in [0.4, 0.5) is 13.2 Å². The van der Waals surface area contributed by atoms with Crippen LogP contribution in [0.5, 0.6) is 0 Å². The maximum Gasteiger partial charge on any atom is 0.194 e. The fraction of sp³-hybridized carbons (Fsp3) is 0.400. The molecule has 0 saturated carbocycles.